The van der Waals surface area contributed by atoms with Gasteiger partial charge in [0.2, 0.25) is 10.0 Å². The topological polar surface area (TPSA) is 46.2 Å². The summed E-state index contributed by atoms with van der Waals surface area (Å²) in [6, 6.07) is 5.06. The van der Waals surface area contributed by atoms with Gasteiger partial charge in [0, 0.05) is 6.04 Å². The van der Waals surface area contributed by atoms with Crippen molar-refractivity contribution in [2.75, 3.05) is 0 Å². The normalized spacial score (nSPS) is 17.5. The maximum Gasteiger partial charge on any atom is 0.242 e. The van der Waals surface area contributed by atoms with Crippen LogP contribution in [-0.2, 0) is 10.0 Å². The molecule has 0 heterocycles. The average molecular weight is 274 g/mol. The summed E-state index contributed by atoms with van der Waals surface area (Å²) in [5.74, 6) is 0. The minimum absolute atomic E-state index is 0.0670. The summed E-state index contributed by atoms with van der Waals surface area (Å²) in [7, 11) is -3.47. The smallest absolute Gasteiger partial charge is 0.208 e. The standard InChI is InChI=1S/C12H16ClNO2S/c1-9-6-7-12(11(13)8-9)17(15,16)14-10-4-2-3-5-10/h6-8,10,14H,2-5H2,1H3. The fourth-order valence-corrected chi connectivity index (χ4v) is 4.05. The third-order valence-electron chi connectivity index (χ3n) is 3.05. The number of sulfonamides is 1. The summed E-state index contributed by atoms with van der Waals surface area (Å²) in [6.07, 6.45) is 4.02. The number of benzene rings is 1. The molecule has 0 radical (unpaired) electrons. The van der Waals surface area contributed by atoms with Crippen LogP contribution in [0.1, 0.15) is 31.2 Å². The Hall–Kier alpha value is -0.580. The Labute approximate surface area is 107 Å². The van der Waals surface area contributed by atoms with Crippen molar-refractivity contribution in [3.05, 3.63) is 28.8 Å². The Kier molecular flexibility index (Phi) is 3.76. The van der Waals surface area contributed by atoms with Crippen LogP contribution >= 0.6 is 11.6 Å². The summed E-state index contributed by atoms with van der Waals surface area (Å²) in [5, 5.41) is 0.287. The van der Waals surface area contributed by atoms with Crippen LogP contribution in [0.15, 0.2) is 23.1 Å². The number of halogens is 1. The first-order chi connectivity index (χ1) is 7.99. The molecule has 0 aliphatic heterocycles. The molecule has 0 bridgehead atoms. The van der Waals surface area contributed by atoms with Gasteiger partial charge < -0.3 is 0 Å². The SMILES string of the molecule is Cc1ccc(S(=O)(=O)NC2CCCC2)c(Cl)c1. The fourth-order valence-electron chi connectivity index (χ4n) is 2.15. The van der Waals surface area contributed by atoms with Gasteiger partial charge in [-0.1, -0.05) is 30.5 Å². The first-order valence-electron chi connectivity index (χ1n) is 5.77. The molecule has 5 heteroatoms. The average Bonchev–Trinajstić information content (AvgIpc) is 2.68. The van der Waals surface area contributed by atoms with Crippen LogP contribution in [0, 0.1) is 6.92 Å². The highest BCUT2D eigenvalue weighted by molar-refractivity contribution is 7.89. The second-order valence-corrected chi connectivity index (χ2v) is 6.63. The van der Waals surface area contributed by atoms with E-state index in [1.54, 1.807) is 18.2 Å². The molecule has 0 unspecified atom stereocenters. The zero-order chi connectivity index (χ0) is 12.5. The summed E-state index contributed by atoms with van der Waals surface area (Å²) in [6.45, 7) is 1.88. The van der Waals surface area contributed by atoms with Gasteiger partial charge in [0.05, 0.1) is 5.02 Å². The minimum Gasteiger partial charge on any atom is -0.208 e. The predicted octanol–water partition coefficient (Wildman–Crippen LogP) is 2.87. The molecule has 0 spiro atoms. The van der Waals surface area contributed by atoms with E-state index in [2.05, 4.69) is 4.72 Å². The van der Waals surface area contributed by atoms with Crippen LogP contribution in [-0.4, -0.2) is 14.5 Å². The second-order valence-electron chi connectivity index (χ2n) is 4.54. The Morgan fingerprint density at radius 3 is 2.53 bits per heavy atom. The first-order valence-corrected chi connectivity index (χ1v) is 7.63. The van der Waals surface area contributed by atoms with E-state index in [4.69, 9.17) is 11.6 Å². The van der Waals surface area contributed by atoms with Crippen molar-refractivity contribution in [1.82, 2.24) is 4.72 Å². The van der Waals surface area contributed by atoms with Gasteiger partial charge in [0.25, 0.3) is 0 Å². The van der Waals surface area contributed by atoms with Crippen LogP contribution in [0.25, 0.3) is 0 Å². The van der Waals surface area contributed by atoms with Crippen molar-refractivity contribution in [2.24, 2.45) is 0 Å². The largest absolute Gasteiger partial charge is 0.242 e. The maximum atomic E-state index is 12.1. The van der Waals surface area contributed by atoms with Crippen molar-refractivity contribution in [3.63, 3.8) is 0 Å². The lowest BCUT2D eigenvalue weighted by molar-refractivity contribution is 0.552. The zero-order valence-corrected chi connectivity index (χ0v) is 11.3. The number of nitrogens with one attached hydrogen (secondary N) is 1. The van der Waals surface area contributed by atoms with Gasteiger partial charge in [-0.3, -0.25) is 0 Å². The highest BCUT2D eigenvalue weighted by Gasteiger charge is 2.24. The third kappa shape index (κ3) is 3.00. The number of rotatable bonds is 3. The van der Waals surface area contributed by atoms with Gasteiger partial charge in [0.15, 0.2) is 0 Å². The van der Waals surface area contributed by atoms with Crippen molar-refractivity contribution < 1.29 is 8.42 Å². The lowest BCUT2D eigenvalue weighted by Gasteiger charge is -2.13. The van der Waals surface area contributed by atoms with E-state index in [0.29, 0.717) is 0 Å². The monoisotopic (exact) mass is 273 g/mol. The Balaban J connectivity index is 2.24. The predicted molar refractivity (Wildman–Crippen MR) is 68.8 cm³/mol. The van der Waals surface area contributed by atoms with E-state index in [-0.39, 0.29) is 16.0 Å². The van der Waals surface area contributed by atoms with Crippen LogP contribution < -0.4 is 4.72 Å². The van der Waals surface area contributed by atoms with E-state index in [9.17, 15) is 8.42 Å². The van der Waals surface area contributed by atoms with Gasteiger partial charge in [-0.05, 0) is 37.5 Å². The highest BCUT2D eigenvalue weighted by atomic mass is 35.5. The van der Waals surface area contributed by atoms with E-state index in [0.717, 1.165) is 31.2 Å². The summed E-state index contributed by atoms with van der Waals surface area (Å²) < 4.78 is 27.0. The number of hydrogen-bond donors (Lipinski definition) is 1. The van der Waals surface area contributed by atoms with E-state index < -0.39 is 10.0 Å². The lowest BCUT2D eigenvalue weighted by atomic mass is 10.2. The maximum absolute atomic E-state index is 12.1. The molecule has 17 heavy (non-hydrogen) atoms. The molecule has 94 valence electrons. The molecule has 1 aromatic carbocycles. The van der Waals surface area contributed by atoms with Crippen molar-refractivity contribution >= 4 is 21.6 Å². The van der Waals surface area contributed by atoms with Gasteiger partial charge in [-0.25, -0.2) is 13.1 Å². The van der Waals surface area contributed by atoms with Crippen molar-refractivity contribution in [3.8, 4) is 0 Å². The molecule has 2 rings (SSSR count). The van der Waals surface area contributed by atoms with Crippen LogP contribution in [0.2, 0.25) is 5.02 Å². The van der Waals surface area contributed by atoms with Gasteiger partial charge >= 0.3 is 0 Å². The second kappa shape index (κ2) is 4.96. The molecule has 0 aromatic heterocycles. The van der Waals surface area contributed by atoms with Gasteiger partial charge in [0.1, 0.15) is 4.90 Å². The Bertz CT molecular complexity index is 507. The van der Waals surface area contributed by atoms with E-state index in [1.807, 2.05) is 6.92 Å². The Morgan fingerprint density at radius 2 is 1.94 bits per heavy atom. The number of hydrogen-bond acceptors (Lipinski definition) is 2. The van der Waals surface area contributed by atoms with Crippen LogP contribution in [0.3, 0.4) is 0 Å². The molecule has 0 atom stereocenters. The molecule has 1 aliphatic rings. The summed E-state index contributed by atoms with van der Waals surface area (Å²) >= 11 is 5.98. The molecule has 0 amide bonds. The third-order valence-corrected chi connectivity index (χ3v) is 5.06. The number of aryl methyl sites for hydroxylation is 1. The first kappa shape index (κ1) is 12.9. The Morgan fingerprint density at radius 1 is 1.29 bits per heavy atom. The lowest BCUT2D eigenvalue weighted by Crippen LogP contribution is -2.32. The molecule has 1 saturated carbocycles. The van der Waals surface area contributed by atoms with Crippen LogP contribution in [0.5, 0.6) is 0 Å². The molecule has 1 N–H and O–H groups in total. The van der Waals surface area contributed by atoms with Gasteiger partial charge in [-0.15, -0.1) is 0 Å². The molecular formula is C12H16ClNO2S. The molecule has 0 saturated heterocycles. The molecule has 1 aromatic rings. The van der Waals surface area contributed by atoms with Crippen molar-refractivity contribution in [2.45, 2.75) is 43.5 Å². The summed E-state index contributed by atoms with van der Waals surface area (Å²) in [4.78, 5) is 0.177. The van der Waals surface area contributed by atoms with Crippen LogP contribution in [0.4, 0.5) is 0 Å². The summed E-state index contributed by atoms with van der Waals surface area (Å²) in [5.41, 5.74) is 0.954. The zero-order valence-electron chi connectivity index (χ0n) is 9.74. The molecular weight excluding hydrogens is 258 g/mol. The molecule has 1 aliphatic carbocycles. The fraction of sp³-hybridized carbons (Fsp3) is 0.500. The van der Waals surface area contributed by atoms with E-state index >= 15 is 0 Å². The molecule has 1 fully saturated rings. The van der Waals surface area contributed by atoms with Crippen molar-refractivity contribution in [1.29, 1.82) is 0 Å². The van der Waals surface area contributed by atoms with E-state index in [1.165, 1.54) is 0 Å². The minimum atomic E-state index is -3.47. The molecule has 3 nitrogen and oxygen atoms in total. The quantitative estimate of drug-likeness (QED) is 0.920. The highest BCUT2D eigenvalue weighted by Crippen LogP contribution is 2.25. The van der Waals surface area contributed by atoms with Gasteiger partial charge in [-0.2, -0.15) is 0 Å².